The molecular weight excluding hydrogens is 644 g/mol. The lowest BCUT2D eigenvalue weighted by Gasteiger charge is -2.39. The minimum atomic E-state index is -0.821. The third-order valence-corrected chi connectivity index (χ3v) is 10.2. The fourth-order valence-corrected chi connectivity index (χ4v) is 7.19. The van der Waals surface area contributed by atoms with Crippen LogP contribution >= 0.6 is 0 Å². The van der Waals surface area contributed by atoms with Crippen LogP contribution in [0.2, 0.25) is 0 Å². The lowest BCUT2D eigenvalue weighted by molar-refractivity contribution is -0.145. The topological polar surface area (TPSA) is 171 Å². The molecule has 50 heavy (non-hydrogen) atoms. The Bertz CT molecular complexity index is 1450. The molecule has 274 valence electrons. The summed E-state index contributed by atoms with van der Waals surface area (Å²) in [7, 11) is 0. The number of amides is 2. The maximum Gasteiger partial charge on any atom is 0.327 e. The largest absolute Gasteiger partial charge is 0.459 e. The number of carbonyl (C=O) groups is 4. The average molecular weight is 697 g/mol. The van der Waals surface area contributed by atoms with Crippen LogP contribution in [0.4, 0.5) is 4.79 Å². The third kappa shape index (κ3) is 10.2. The normalized spacial score (nSPS) is 34.7. The van der Waals surface area contributed by atoms with E-state index < -0.39 is 29.9 Å². The maximum atomic E-state index is 13.0. The van der Waals surface area contributed by atoms with Crippen molar-refractivity contribution in [2.75, 3.05) is 6.61 Å². The molecule has 3 saturated heterocycles. The number of carbonyl (C=O) groups excluding carboxylic acids is 4. The molecule has 3 aliphatic heterocycles. The molecule has 1 saturated carbocycles. The van der Waals surface area contributed by atoms with Gasteiger partial charge in [-0.2, -0.15) is 0 Å². The van der Waals surface area contributed by atoms with Crippen LogP contribution in [-0.2, 0) is 33.3 Å². The lowest BCUT2D eigenvalue weighted by Crippen LogP contribution is -2.50. The summed E-state index contributed by atoms with van der Waals surface area (Å²) in [5.74, 6) is -0.104. The number of aromatic nitrogens is 2. The predicted octanol–water partition coefficient (Wildman–Crippen LogP) is 3.55. The second-order valence-electron chi connectivity index (χ2n) is 14.6. The number of imidazole rings is 1. The summed E-state index contributed by atoms with van der Waals surface area (Å²) >= 11 is 0. The molecule has 4 heterocycles. The Balaban J connectivity index is 1.05. The first kappa shape index (κ1) is 37.6. The Hall–Kier alpha value is -3.65. The number of aliphatic hydroxyl groups excluding tert-OH is 1. The first-order valence-electron chi connectivity index (χ1n) is 17.7. The van der Waals surface area contributed by atoms with Gasteiger partial charge in [0, 0.05) is 50.7 Å². The Labute approximate surface area is 293 Å². The van der Waals surface area contributed by atoms with Gasteiger partial charge in [0.15, 0.2) is 0 Å². The van der Waals surface area contributed by atoms with Crippen LogP contribution in [0.25, 0.3) is 0 Å². The number of esters is 1. The second kappa shape index (κ2) is 16.6. The van der Waals surface area contributed by atoms with Gasteiger partial charge in [-0.05, 0) is 64.4 Å². The Kier molecular flexibility index (Phi) is 12.5. The van der Waals surface area contributed by atoms with Crippen molar-refractivity contribution < 1.29 is 43.2 Å². The highest BCUT2D eigenvalue weighted by atomic mass is 16.6. The van der Waals surface area contributed by atoms with E-state index in [0.717, 1.165) is 24.8 Å². The van der Waals surface area contributed by atoms with E-state index in [1.165, 1.54) is 23.9 Å². The van der Waals surface area contributed by atoms with Crippen molar-refractivity contribution in [3.63, 3.8) is 0 Å². The highest BCUT2D eigenvalue weighted by Gasteiger charge is 2.58. The summed E-state index contributed by atoms with van der Waals surface area (Å²) in [5, 5.41) is 17.0. The average Bonchev–Trinajstić information content (AvgIpc) is 3.57. The molecule has 1 aliphatic carbocycles. The molecule has 1 spiro atoms. The highest BCUT2D eigenvalue weighted by molar-refractivity contribution is 5.87. The number of hydrogen-bond acceptors (Lipinski definition) is 10. The van der Waals surface area contributed by atoms with E-state index in [0.29, 0.717) is 25.9 Å². The summed E-state index contributed by atoms with van der Waals surface area (Å²) in [6.07, 6.45) is 15.2. The fraction of sp³-hybridized carbons (Fsp3) is 0.649. The van der Waals surface area contributed by atoms with Crippen LogP contribution in [0.5, 0.6) is 0 Å². The van der Waals surface area contributed by atoms with Crippen LogP contribution in [0.15, 0.2) is 54.7 Å². The molecule has 0 aromatic carbocycles. The van der Waals surface area contributed by atoms with E-state index >= 15 is 0 Å². The Morgan fingerprint density at radius 1 is 1.10 bits per heavy atom. The van der Waals surface area contributed by atoms with E-state index in [9.17, 15) is 24.3 Å². The van der Waals surface area contributed by atoms with Gasteiger partial charge in [0.2, 0.25) is 5.91 Å². The number of aliphatic hydroxyl groups is 1. The number of epoxide rings is 1. The van der Waals surface area contributed by atoms with Crippen LogP contribution in [0.1, 0.15) is 79.6 Å². The number of ether oxygens (including phenoxy) is 4. The molecule has 13 nitrogen and oxygen atoms in total. The number of rotatable bonds is 13. The fourth-order valence-electron chi connectivity index (χ4n) is 7.19. The van der Waals surface area contributed by atoms with Gasteiger partial charge in [-0.1, -0.05) is 30.7 Å². The maximum absolute atomic E-state index is 13.0. The first-order valence-corrected chi connectivity index (χ1v) is 17.7. The molecule has 2 amide bonds. The van der Waals surface area contributed by atoms with E-state index in [4.69, 9.17) is 18.9 Å². The summed E-state index contributed by atoms with van der Waals surface area (Å²) < 4.78 is 24.7. The van der Waals surface area contributed by atoms with Crippen molar-refractivity contribution in [1.29, 1.82) is 0 Å². The van der Waals surface area contributed by atoms with Crippen molar-refractivity contribution >= 4 is 23.7 Å². The van der Waals surface area contributed by atoms with Crippen molar-refractivity contribution in [1.82, 2.24) is 20.2 Å². The van der Waals surface area contributed by atoms with E-state index in [2.05, 4.69) is 28.6 Å². The van der Waals surface area contributed by atoms with Crippen molar-refractivity contribution in [3.8, 4) is 0 Å². The summed E-state index contributed by atoms with van der Waals surface area (Å²) in [5.41, 5.74) is 0.328. The van der Waals surface area contributed by atoms with Gasteiger partial charge in [-0.25, -0.2) is 9.78 Å². The molecule has 4 fully saturated rings. The van der Waals surface area contributed by atoms with E-state index in [-0.39, 0.29) is 66.4 Å². The van der Waals surface area contributed by atoms with Crippen molar-refractivity contribution in [3.05, 3.63) is 54.7 Å². The molecule has 0 radical (unpaired) electrons. The van der Waals surface area contributed by atoms with Gasteiger partial charge in [0.05, 0.1) is 31.0 Å². The molecule has 13 heteroatoms. The zero-order valence-corrected chi connectivity index (χ0v) is 29.7. The zero-order chi connectivity index (χ0) is 36.0. The van der Waals surface area contributed by atoms with Gasteiger partial charge in [-0.15, -0.1) is 0 Å². The van der Waals surface area contributed by atoms with Crippen molar-refractivity contribution in [2.45, 2.75) is 134 Å². The third-order valence-electron chi connectivity index (χ3n) is 10.2. The first-order chi connectivity index (χ1) is 23.8. The number of Topliss-reactive ketones (excluding diaryl/α,β-unsaturated/α-hetero) is 1. The molecule has 0 unspecified atom stereocenters. The van der Waals surface area contributed by atoms with E-state index in [1.54, 1.807) is 25.4 Å². The quantitative estimate of drug-likeness (QED) is 0.120. The van der Waals surface area contributed by atoms with Gasteiger partial charge in [-0.3, -0.25) is 19.0 Å². The Morgan fingerprint density at radius 2 is 1.86 bits per heavy atom. The van der Waals surface area contributed by atoms with Crippen LogP contribution in [0, 0.1) is 11.8 Å². The number of allylic oxidation sites excluding steroid dienone is 2. The van der Waals surface area contributed by atoms with Crippen LogP contribution in [-0.4, -0.2) is 99.3 Å². The predicted molar refractivity (Wildman–Crippen MR) is 183 cm³/mol. The number of ketones is 1. The monoisotopic (exact) mass is 696 g/mol. The molecule has 3 N–H and O–H groups in total. The highest BCUT2D eigenvalue weighted by Crippen LogP contribution is 2.44. The zero-order valence-electron chi connectivity index (χ0n) is 29.7. The molecule has 1 aromatic heterocycles. The van der Waals surface area contributed by atoms with Crippen LogP contribution < -0.4 is 10.6 Å². The molecule has 9 atom stereocenters. The smallest absolute Gasteiger partial charge is 0.327 e. The molecule has 1 aromatic rings. The minimum absolute atomic E-state index is 0.0185. The van der Waals surface area contributed by atoms with Gasteiger partial charge >= 0.3 is 12.0 Å². The molecular formula is C37H52N4O9. The SMILES string of the molecule is CC(=O)O[C@@H](C)/C=C\C(=O)N[C@@H]1C[C@H](C)[C@H](C/C=C(C)/C=C/[C@H]2O[C@H](CC(=O)CC3CC(NC(=O)n4ccnc4)C3)C[C@@]3(CO3)[C@@H]2O)O[C@@H]1C. The number of hydrogen-bond donors (Lipinski definition) is 3. The van der Waals surface area contributed by atoms with Gasteiger partial charge < -0.3 is 34.7 Å². The molecule has 0 bridgehead atoms. The van der Waals surface area contributed by atoms with E-state index in [1.807, 2.05) is 26.0 Å². The Morgan fingerprint density at radius 3 is 2.54 bits per heavy atom. The summed E-state index contributed by atoms with van der Waals surface area (Å²) in [4.78, 5) is 52.6. The van der Waals surface area contributed by atoms with Crippen molar-refractivity contribution in [2.24, 2.45) is 11.8 Å². The lowest BCUT2D eigenvalue weighted by atomic mass is 9.76. The van der Waals surface area contributed by atoms with Gasteiger partial charge in [0.25, 0.3) is 0 Å². The summed E-state index contributed by atoms with van der Waals surface area (Å²) in [6, 6.07) is -0.301. The molecule has 5 rings (SSSR count). The minimum Gasteiger partial charge on any atom is -0.459 e. The summed E-state index contributed by atoms with van der Waals surface area (Å²) in [6.45, 7) is 9.52. The van der Waals surface area contributed by atoms with Gasteiger partial charge in [0.1, 0.15) is 36.0 Å². The number of nitrogens with one attached hydrogen (secondary N) is 2. The molecule has 4 aliphatic rings. The second-order valence-corrected chi connectivity index (χ2v) is 14.6. The van der Waals surface area contributed by atoms with Crippen LogP contribution in [0.3, 0.4) is 0 Å². The standard InChI is InChI=1S/C37H52N4O9/c1-22(6-9-32-23(2)14-31(25(4)49-32)40-34(44)11-8-24(3)48-26(5)42)7-10-33-35(45)37(20-47-37)19-30(50-33)18-29(43)17-27-15-28(16-27)39-36(46)41-13-12-38-21-41/h6-8,10-13,21,23-25,27-28,30-33,35,45H,9,14-20H2,1-5H3,(H,39,46)(H,40,44)/b10-7+,11-8-,22-6+/t23-,24-,25+,27?,28?,30+,31+,32-,33+,35+,37+/m0/s1. The number of nitrogens with zero attached hydrogens (tertiary/aromatic N) is 2.